The number of rotatable bonds is 2. The van der Waals surface area contributed by atoms with E-state index in [1.54, 1.807) is 0 Å². The fourth-order valence-electron chi connectivity index (χ4n) is 2.70. The highest BCUT2D eigenvalue weighted by atomic mass is 79.9. The minimum atomic E-state index is 0.539. The van der Waals surface area contributed by atoms with Crippen LogP contribution in [0.25, 0.3) is 0 Å². The Kier molecular flexibility index (Phi) is 3.13. The average Bonchev–Trinajstić information content (AvgIpc) is 2.75. The second-order valence-electron chi connectivity index (χ2n) is 4.85. The molecule has 0 radical (unpaired) electrons. The number of fused-ring (bicyclic) bond motifs is 1. The second-order valence-corrected chi connectivity index (χ2v) is 5.41. The lowest BCUT2D eigenvalue weighted by Gasteiger charge is -2.25. The summed E-state index contributed by atoms with van der Waals surface area (Å²) in [6, 6.07) is 18.1. The first kappa shape index (κ1) is 11.8. The normalized spacial score (nSPS) is 17.9. The molecule has 0 saturated heterocycles. The van der Waals surface area contributed by atoms with Crippen LogP contribution in [0.4, 0.5) is 11.4 Å². The minimum absolute atomic E-state index is 0.539. The SMILES string of the molecule is CC1Cc2ccccc2N1c1ccc(CBr)cc1. The molecule has 0 spiro atoms. The molecule has 1 nitrogen and oxygen atoms in total. The molecular formula is C16H16BrN. The third-order valence-corrected chi connectivity index (χ3v) is 4.22. The van der Waals surface area contributed by atoms with Gasteiger partial charge >= 0.3 is 0 Å². The Morgan fingerprint density at radius 1 is 1.11 bits per heavy atom. The zero-order valence-electron chi connectivity index (χ0n) is 10.4. The summed E-state index contributed by atoms with van der Waals surface area (Å²) in [6.45, 7) is 2.29. The van der Waals surface area contributed by atoms with Crippen molar-refractivity contribution < 1.29 is 0 Å². The maximum absolute atomic E-state index is 3.49. The summed E-state index contributed by atoms with van der Waals surface area (Å²) in [6.07, 6.45) is 1.14. The Labute approximate surface area is 117 Å². The summed E-state index contributed by atoms with van der Waals surface area (Å²) in [4.78, 5) is 2.44. The summed E-state index contributed by atoms with van der Waals surface area (Å²) in [5.41, 5.74) is 5.42. The van der Waals surface area contributed by atoms with Crippen molar-refractivity contribution >= 4 is 27.3 Å². The fourth-order valence-corrected chi connectivity index (χ4v) is 3.08. The van der Waals surface area contributed by atoms with Crippen molar-refractivity contribution in [1.29, 1.82) is 0 Å². The van der Waals surface area contributed by atoms with Gasteiger partial charge in [0.15, 0.2) is 0 Å². The number of alkyl halides is 1. The van der Waals surface area contributed by atoms with Gasteiger partial charge in [0.05, 0.1) is 0 Å². The first-order valence-corrected chi connectivity index (χ1v) is 7.44. The van der Waals surface area contributed by atoms with E-state index < -0.39 is 0 Å². The molecule has 1 heterocycles. The van der Waals surface area contributed by atoms with Crippen molar-refractivity contribution in [2.24, 2.45) is 0 Å². The van der Waals surface area contributed by atoms with Crippen molar-refractivity contribution in [3.8, 4) is 0 Å². The molecule has 3 rings (SSSR count). The maximum Gasteiger partial charge on any atom is 0.0446 e. The first-order valence-electron chi connectivity index (χ1n) is 6.31. The van der Waals surface area contributed by atoms with Crippen LogP contribution in [0.2, 0.25) is 0 Å². The number of anilines is 2. The molecule has 92 valence electrons. The Hall–Kier alpha value is -1.28. The standard InChI is InChI=1S/C16H16BrN/c1-12-10-14-4-2-3-5-16(14)18(12)15-8-6-13(11-17)7-9-15/h2-9,12H,10-11H2,1H3. The van der Waals surface area contributed by atoms with Gasteiger partial charge in [0, 0.05) is 22.7 Å². The van der Waals surface area contributed by atoms with E-state index in [-0.39, 0.29) is 0 Å². The van der Waals surface area contributed by atoms with E-state index in [2.05, 4.69) is 76.3 Å². The van der Waals surface area contributed by atoms with E-state index in [4.69, 9.17) is 0 Å². The molecule has 0 saturated carbocycles. The van der Waals surface area contributed by atoms with Crippen molar-refractivity contribution in [2.45, 2.75) is 24.7 Å². The van der Waals surface area contributed by atoms with Crippen molar-refractivity contribution in [3.63, 3.8) is 0 Å². The third kappa shape index (κ3) is 1.95. The van der Waals surface area contributed by atoms with Crippen molar-refractivity contribution in [3.05, 3.63) is 59.7 Å². The quantitative estimate of drug-likeness (QED) is 0.729. The van der Waals surface area contributed by atoms with Crippen LogP contribution in [-0.4, -0.2) is 6.04 Å². The third-order valence-electron chi connectivity index (χ3n) is 3.58. The van der Waals surface area contributed by atoms with Crippen LogP contribution < -0.4 is 4.90 Å². The largest absolute Gasteiger partial charge is 0.338 e. The molecule has 1 aliphatic heterocycles. The number of halogens is 1. The van der Waals surface area contributed by atoms with Crippen LogP contribution in [0.1, 0.15) is 18.1 Å². The zero-order chi connectivity index (χ0) is 12.5. The molecule has 0 aliphatic carbocycles. The molecule has 1 aliphatic rings. The highest BCUT2D eigenvalue weighted by molar-refractivity contribution is 9.08. The van der Waals surface area contributed by atoms with Gasteiger partial charge in [-0.25, -0.2) is 0 Å². The molecule has 0 bridgehead atoms. The second kappa shape index (κ2) is 4.77. The fraction of sp³-hybridized carbons (Fsp3) is 0.250. The van der Waals surface area contributed by atoms with Gasteiger partial charge in [-0.05, 0) is 42.7 Å². The van der Waals surface area contributed by atoms with Gasteiger partial charge in [0.1, 0.15) is 0 Å². The Balaban J connectivity index is 2.00. The molecular weight excluding hydrogens is 286 g/mol. The van der Waals surface area contributed by atoms with E-state index in [9.17, 15) is 0 Å². The van der Waals surface area contributed by atoms with Gasteiger partial charge in [-0.3, -0.25) is 0 Å². The summed E-state index contributed by atoms with van der Waals surface area (Å²) in [7, 11) is 0. The van der Waals surface area contributed by atoms with Crippen LogP contribution in [-0.2, 0) is 11.8 Å². The van der Waals surface area contributed by atoms with E-state index in [0.29, 0.717) is 6.04 Å². The molecule has 0 fully saturated rings. The van der Waals surface area contributed by atoms with Crippen LogP contribution in [0, 0.1) is 0 Å². The molecule has 0 amide bonds. The van der Waals surface area contributed by atoms with Gasteiger partial charge in [0.2, 0.25) is 0 Å². The highest BCUT2D eigenvalue weighted by Gasteiger charge is 2.26. The van der Waals surface area contributed by atoms with Crippen LogP contribution >= 0.6 is 15.9 Å². The summed E-state index contributed by atoms with van der Waals surface area (Å²) in [5, 5.41) is 0.916. The van der Waals surface area contributed by atoms with Gasteiger partial charge in [-0.2, -0.15) is 0 Å². The van der Waals surface area contributed by atoms with Crippen LogP contribution in [0.15, 0.2) is 48.5 Å². The Morgan fingerprint density at radius 2 is 1.83 bits per heavy atom. The number of benzene rings is 2. The van der Waals surface area contributed by atoms with Crippen molar-refractivity contribution in [1.82, 2.24) is 0 Å². The molecule has 18 heavy (non-hydrogen) atoms. The summed E-state index contributed by atoms with van der Waals surface area (Å²) in [5.74, 6) is 0. The van der Waals surface area contributed by atoms with Crippen LogP contribution in [0.3, 0.4) is 0 Å². The van der Waals surface area contributed by atoms with Gasteiger partial charge in [0.25, 0.3) is 0 Å². The number of hydrogen-bond acceptors (Lipinski definition) is 1. The molecule has 0 aromatic heterocycles. The zero-order valence-corrected chi connectivity index (χ0v) is 12.0. The lowest BCUT2D eigenvalue weighted by molar-refractivity contribution is 0.759. The van der Waals surface area contributed by atoms with E-state index in [1.165, 1.54) is 22.5 Å². The monoisotopic (exact) mass is 301 g/mol. The Morgan fingerprint density at radius 3 is 2.56 bits per heavy atom. The molecule has 2 aromatic carbocycles. The van der Waals surface area contributed by atoms with E-state index in [0.717, 1.165) is 11.8 Å². The molecule has 1 atom stereocenters. The van der Waals surface area contributed by atoms with E-state index in [1.807, 2.05) is 0 Å². The topological polar surface area (TPSA) is 3.24 Å². The number of para-hydroxylation sites is 1. The molecule has 2 heteroatoms. The number of nitrogens with zero attached hydrogens (tertiary/aromatic N) is 1. The Bertz CT molecular complexity index is 547. The molecule has 1 unspecified atom stereocenters. The van der Waals surface area contributed by atoms with Crippen LogP contribution in [0.5, 0.6) is 0 Å². The predicted molar refractivity (Wildman–Crippen MR) is 80.8 cm³/mol. The lowest BCUT2D eigenvalue weighted by atomic mass is 10.1. The van der Waals surface area contributed by atoms with Gasteiger partial charge in [-0.1, -0.05) is 46.3 Å². The summed E-state index contributed by atoms with van der Waals surface area (Å²) < 4.78 is 0. The number of hydrogen-bond donors (Lipinski definition) is 0. The predicted octanol–water partition coefficient (Wildman–Crippen LogP) is 4.66. The van der Waals surface area contributed by atoms with Gasteiger partial charge < -0.3 is 4.90 Å². The van der Waals surface area contributed by atoms with Gasteiger partial charge in [-0.15, -0.1) is 0 Å². The van der Waals surface area contributed by atoms with Crippen molar-refractivity contribution in [2.75, 3.05) is 4.90 Å². The maximum atomic E-state index is 3.49. The smallest absolute Gasteiger partial charge is 0.0446 e. The molecule has 2 aromatic rings. The molecule has 0 N–H and O–H groups in total. The average molecular weight is 302 g/mol. The van der Waals surface area contributed by atoms with E-state index >= 15 is 0 Å². The lowest BCUT2D eigenvalue weighted by Crippen LogP contribution is -2.23. The highest BCUT2D eigenvalue weighted by Crippen LogP contribution is 2.37. The minimum Gasteiger partial charge on any atom is -0.338 e. The first-order chi connectivity index (χ1) is 8.79. The summed E-state index contributed by atoms with van der Waals surface area (Å²) >= 11 is 3.49.